The van der Waals surface area contributed by atoms with Gasteiger partial charge in [-0.05, 0) is 13.0 Å². The molecule has 6 heterocycles. The molecule has 0 aliphatic carbocycles. The first-order chi connectivity index (χ1) is 34.9. The van der Waals surface area contributed by atoms with E-state index >= 15 is 0 Å². The monoisotopic (exact) mass is 1090 g/mol. The molecule has 428 valence electrons. The maximum absolute atomic E-state index is 12.3. The van der Waals surface area contributed by atoms with Crippen LogP contribution in [-0.4, -0.2) is 332 Å². The molecule has 0 aromatic carbocycles. The standard InChI is InChI=1S/C39H63NO34/c40-2-1-3-63-34-16(50)12(46)23(7(4-41)64-34)68-38-21(55)26(19(53)29(73-38)32(59)60)71-36-18(52)14(48)25(9(6-43)66-36)69-39-22(56)27(20(54)30(74-39)33(61)62)70-35-17(51)13(47)24(8(5-42)65-35)67-37-15(49)10(44)11(45)28(72-37)31(57)58/h7-30,34-39,41-56H,1-6,40H2,(H,57,58)(H,59,60)(H,61,62)/t7-,8-,9-,10+,11+,12-,13-,14-,15-,16-,17-,18-,19+,20+,21-,22-,23-,24-,25-,26+,27+,28+,29+,30+,34-,35+,36+,37-,38-,39-/m1/s1. The summed E-state index contributed by atoms with van der Waals surface area (Å²) in [6, 6.07) is 0. The number of rotatable bonds is 20. The van der Waals surface area contributed by atoms with Crippen molar-refractivity contribution in [3.63, 3.8) is 0 Å². The van der Waals surface area contributed by atoms with Crippen LogP contribution in [0.1, 0.15) is 6.42 Å². The topological polar surface area (TPSA) is 572 Å². The van der Waals surface area contributed by atoms with Gasteiger partial charge in [-0.2, -0.15) is 0 Å². The molecule has 6 rings (SSSR count). The first-order valence-electron chi connectivity index (χ1n) is 22.8. The molecule has 6 aliphatic heterocycles. The molecule has 0 spiro atoms. The molecule has 0 unspecified atom stereocenters. The number of carboxylic acids is 3. The SMILES string of the molecule is NCCCO[C@@H]1O[C@H](CO)[C@@H](O[C@@H]2O[C@H](C(=O)O)[C@@H](O)[C@H](O[C@@H]3O[C@H](CO)[C@@H](O[C@@H]4O[C@H](C(=O)O)[C@@H](O)[C@H](O[C@@H]5O[C@H](CO)[C@@H](O[C@@H]6O[C@H](C(=O)O)[C@@H](O)[C@H](O)[C@H]6O)[C@H](O)[C@H]5O)[C@H]4O)[C@H](O)[C@H]3O)[C@H]2O)[C@H](O)[C@H]1O. The second-order valence-corrected chi connectivity index (χ2v) is 17.9. The van der Waals surface area contributed by atoms with E-state index in [9.17, 15) is 111 Å². The second kappa shape index (κ2) is 25.8. The summed E-state index contributed by atoms with van der Waals surface area (Å²) in [5.74, 6) is -5.65. The maximum Gasteiger partial charge on any atom is 0.335 e. The summed E-state index contributed by atoms with van der Waals surface area (Å²) in [5.41, 5.74) is 5.44. The van der Waals surface area contributed by atoms with E-state index in [1.165, 1.54) is 0 Å². The average molecular weight is 1090 g/mol. The van der Waals surface area contributed by atoms with Crippen molar-refractivity contribution in [2.45, 2.75) is 191 Å². The minimum absolute atomic E-state index is 0.0393. The molecule has 0 aromatic heterocycles. The highest BCUT2D eigenvalue weighted by atomic mass is 16.8. The molecule has 6 fully saturated rings. The van der Waals surface area contributed by atoms with E-state index in [0.29, 0.717) is 6.42 Å². The van der Waals surface area contributed by atoms with E-state index in [1.54, 1.807) is 0 Å². The summed E-state index contributed by atoms with van der Waals surface area (Å²) < 4.78 is 65.1. The lowest BCUT2D eigenvalue weighted by Crippen LogP contribution is -2.69. The van der Waals surface area contributed by atoms with Gasteiger partial charge in [0.15, 0.2) is 56.1 Å². The molecule has 0 saturated carbocycles. The maximum atomic E-state index is 12.3. The van der Waals surface area contributed by atoms with Crippen LogP contribution in [0.2, 0.25) is 0 Å². The van der Waals surface area contributed by atoms with Crippen LogP contribution in [0.25, 0.3) is 0 Å². The van der Waals surface area contributed by atoms with Crippen molar-refractivity contribution in [3.05, 3.63) is 0 Å². The molecular formula is C39H63NO34. The predicted molar refractivity (Wildman–Crippen MR) is 218 cm³/mol. The van der Waals surface area contributed by atoms with Gasteiger partial charge in [0.25, 0.3) is 0 Å². The van der Waals surface area contributed by atoms with Crippen LogP contribution in [0.4, 0.5) is 0 Å². The third-order valence-electron chi connectivity index (χ3n) is 12.9. The summed E-state index contributed by atoms with van der Waals surface area (Å²) in [5, 5.41) is 201. The van der Waals surface area contributed by atoms with Crippen molar-refractivity contribution in [3.8, 4) is 0 Å². The van der Waals surface area contributed by atoms with Gasteiger partial charge in [0.2, 0.25) is 0 Å². The van der Waals surface area contributed by atoms with E-state index in [2.05, 4.69) is 0 Å². The fourth-order valence-corrected chi connectivity index (χ4v) is 8.87. The van der Waals surface area contributed by atoms with E-state index in [4.69, 9.17) is 62.6 Å². The van der Waals surface area contributed by atoms with Gasteiger partial charge in [-0.15, -0.1) is 0 Å². The highest BCUT2D eigenvalue weighted by Crippen LogP contribution is 2.37. The van der Waals surface area contributed by atoms with Gasteiger partial charge < -0.3 is 160 Å². The number of aliphatic hydroxyl groups excluding tert-OH is 16. The fourth-order valence-electron chi connectivity index (χ4n) is 8.87. The Kier molecular flexibility index (Phi) is 21.1. The predicted octanol–water partition coefficient (Wildman–Crippen LogP) is -13.5. The van der Waals surface area contributed by atoms with Crippen molar-refractivity contribution in [2.75, 3.05) is 33.0 Å². The summed E-state index contributed by atoms with van der Waals surface area (Å²) in [6.07, 6.45) is -64.3. The van der Waals surface area contributed by atoms with E-state index in [-0.39, 0.29) is 13.2 Å². The molecule has 6 saturated heterocycles. The zero-order chi connectivity index (χ0) is 54.8. The van der Waals surface area contributed by atoms with E-state index in [0.717, 1.165) is 0 Å². The fraction of sp³-hybridized carbons (Fsp3) is 0.923. The molecule has 30 atom stereocenters. The molecule has 74 heavy (non-hydrogen) atoms. The van der Waals surface area contributed by atoms with E-state index in [1.807, 2.05) is 0 Å². The number of hydrogen-bond acceptors (Lipinski definition) is 32. The van der Waals surface area contributed by atoms with Crippen LogP contribution in [-0.2, 0) is 71.2 Å². The lowest BCUT2D eigenvalue weighted by molar-refractivity contribution is -0.393. The van der Waals surface area contributed by atoms with Gasteiger partial charge in [-0.3, -0.25) is 0 Å². The van der Waals surface area contributed by atoms with Crippen molar-refractivity contribution in [2.24, 2.45) is 5.73 Å². The smallest absolute Gasteiger partial charge is 0.335 e. The third kappa shape index (κ3) is 12.6. The van der Waals surface area contributed by atoms with Gasteiger partial charge in [0.05, 0.1) is 26.4 Å². The number of carbonyl (C=O) groups is 3. The molecular weight excluding hydrogens is 1030 g/mol. The second-order valence-electron chi connectivity index (χ2n) is 17.9. The molecule has 0 radical (unpaired) electrons. The normalized spacial score (nSPS) is 49.3. The Morgan fingerprint density at radius 1 is 0.351 bits per heavy atom. The Morgan fingerprint density at radius 2 is 0.635 bits per heavy atom. The Bertz CT molecular complexity index is 1820. The quantitative estimate of drug-likeness (QED) is 0.0503. The van der Waals surface area contributed by atoms with Gasteiger partial charge >= 0.3 is 17.9 Å². The zero-order valence-corrected chi connectivity index (χ0v) is 38.3. The zero-order valence-electron chi connectivity index (χ0n) is 38.3. The molecule has 0 amide bonds. The van der Waals surface area contributed by atoms with Gasteiger partial charge in [-0.1, -0.05) is 0 Å². The van der Waals surface area contributed by atoms with Crippen molar-refractivity contribution < 1.29 is 168 Å². The Balaban J connectivity index is 1.14. The van der Waals surface area contributed by atoms with Crippen LogP contribution in [0.15, 0.2) is 0 Å². The molecule has 35 heteroatoms. The number of nitrogens with two attached hydrogens (primary N) is 1. The Hall–Kier alpha value is -2.75. The molecule has 35 nitrogen and oxygen atoms in total. The van der Waals surface area contributed by atoms with Crippen LogP contribution in [0, 0.1) is 0 Å². The highest BCUT2D eigenvalue weighted by molar-refractivity contribution is 5.74. The number of hydrogen-bond donors (Lipinski definition) is 20. The molecule has 6 aliphatic rings. The van der Waals surface area contributed by atoms with Crippen LogP contribution < -0.4 is 5.73 Å². The first kappa shape index (κ1) is 60.5. The van der Waals surface area contributed by atoms with Crippen molar-refractivity contribution in [1.29, 1.82) is 0 Å². The lowest BCUT2D eigenvalue weighted by Gasteiger charge is -2.49. The van der Waals surface area contributed by atoms with Crippen LogP contribution >= 0.6 is 0 Å². The first-order valence-corrected chi connectivity index (χ1v) is 22.8. The van der Waals surface area contributed by atoms with Gasteiger partial charge in [0, 0.05) is 0 Å². The minimum atomic E-state index is -2.42. The van der Waals surface area contributed by atoms with Gasteiger partial charge in [-0.25, -0.2) is 14.4 Å². The Labute approximate surface area is 415 Å². The molecule has 0 bridgehead atoms. The summed E-state index contributed by atoms with van der Waals surface area (Å²) in [7, 11) is 0. The van der Waals surface area contributed by atoms with Crippen molar-refractivity contribution in [1.82, 2.24) is 0 Å². The van der Waals surface area contributed by atoms with Crippen LogP contribution in [0.5, 0.6) is 0 Å². The van der Waals surface area contributed by atoms with Crippen molar-refractivity contribution >= 4 is 17.9 Å². The number of aliphatic hydroxyl groups is 16. The third-order valence-corrected chi connectivity index (χ3v) is 12.9. The number of carboxylic acid groups (broad SMARTS) is 3. The Morgan fingerprint density at radius 3 is 0.973 bits per heavy atom. The molecule has 0 aromatic rings. The highest BCUT2D eigenvalue weighted by Gasteiger charge is 2.59. The average Bonchev–Trinajstić information content (AvgIpc) is 3.36. The van der Waals surface area contributed by atoms with Crippen LogP contribution in [0.3, 0.4) is 0 Å². The number of ether oxygens (including phenoxy) is 12. The molecule has 21 N–H and O–H groups in total. The summed E-state index contributed by atoms with van der Waals surface area (Å²) in [4.78, 5) is 36.1. The largest absolute Gasteiger partial charge is 0.479 e. The summed E-state index contributed by atoms with van der Waals surface area (Å²) in [6.45, 7) is -3.09. The van der Waals surface area contributed by atoms with Gasteiger partial charge in [0.1, 0.15) is 128 Å². The minimum Gasteiger partial charge on any atom is -0.479 e. The number of aliphatic carboxylic acids is 3. The van der Waals surface area contributed by atoms with E-state index < -0.39 is 222 Å². The lowest BCUT2D eigenvalue weighted by atomic mass is 9.95. The summed E-state index contributed by atoms with van der Waals surface area (Å²) >= 11 is 0.